The number of imidazole rings is 1. The highest BCUT2D eigenvalue weighted by molar-refractivity contribution is 5.76. The van der Waals surface area contributed by atoms with Crippen LogP contribution in [0.1, 0.15) is 12.7 Å². The standard InChI is InChI=1S/C14H19N3O/c1-3-8-15-9-7-14-16-12-6-5-11(18-4-2)10-13(12)17-14/h3,5-6,10,15H,1,4,7-9H2,2H3,(H,16,17). The molecule has 0 aliphatic rings. The molecule has 0 radical (unpaired) electrons. The third-order valence-electron chi connectivity index (χ3n) is 2.64. The summed E-state index contributed by atoms with van der Waals surface area (Å²) in [5.41, 5.74) is 2.01. The molecule has 0 bridgehead atoms. The van der Waals surface area contributed by atoms with Crippen molar-refractivity contribution in [3.8, 4) is 5.75 Å². The van der Waals surface area contributed by atoms with Gasteiger partial charge >= 0.3 is 0 Å². The van der Waals surface area contributed by atoms with Crippen molar-refractivity contribution in [2.75, 3.05) is 19.7 Å². The molecule has 2 aromatic rings. The van der Waals surface area contributed by atoms with Crippen LogP contribution in [0.15, 0.2) is 30.9 Å². The van der Waals surface area contributed by atoms with E-state index in [0.29, 0.717) is 6.61 Å². The second kappa shape index (κ2) is 6.21. The summed E-state index contributed by atoms with van der Waals surface area (Å²) < 4.78 is 5.47. The van der Waals surface area contributed by atoms with Crippen LogP contribution in [0.4, 0.5) is 0 Å². The molecule has 18 heavy (non-hydrogen) atoms. The van der Waals surface area contributed by atoms with E-state index in [1.807, 2.05) is 31.2 Å². The number of H-pyrrole nitrogens is 1. The minimum absolute atomic E-state index is 0.679. The van der Waals surface area contributed by atoms with E-state index in [0.717, 1.165) is 42.1 Å². The Morgan fingerprint density at radius 1 is 1.50 bits per heavy atom. The molecule has 4 heteroatoms. The van der Waals surface area contributed by atoms with Crippen LogP contribution in [0, 0.1) is 0 Å². The van der Waals surface area contributed by atoms with Gasteiger partial charge in [-0.15, -0.1) is 6.58 Å². The lowest BCUT2D eigenvalue weighted by Crippen LogP contribution is -2.17. The van der Waals surface area contributed by atoms with E-state index in [2.05, 4.69) is 21.9 Å². The third-order valence-corrected chi connectivity index (χ3v) is 2.64. The smallest absolute Gasteiger partial charge is 0.121 e. The molecule has 0 fully saturated rings. The van der Waals surface area contributed by atoms with Crippen LogP contribution in [-0.2, 0) is 6.42 Å². The number of fused-ring (bicyclic) bond motifs is 1. The third kappa shape index (κ3) is 3.11. The molecule has 96 valence electrons. The normalized spacial score (nSPS) is 10.7. The number of hydrogen-bond donors (Lipinski definition) is 2. The van der Waals surface area contributed by atoms with Crippen LogP contribution in [0.2, 0.25) is 0 Å². The average Bonchev–Trinajstić information content (AvgIpc) is 2.77. The van der Waals surface area contributed by atoms with E-state index in [1.54, 1.807) is 0 Å². The average molecular weight is 245 g/mol. The number of aromatic amines is 1. The van der Waals surface area contributed by atoms with E-state index in [9.17, 15) is 0 Å². The molecule has 2 rings (SSSR count). The molecular weight excluding hydrogens is 226 g/mol. The predicted octanol–water partition coefficient (Wildman–Crippen LogP) is 2.28. The topological polar surface area (TPSA) is 49.9 Å². The molecule has 0 aliphatic carbocycles. The molecule has 1 aromatic carbocycles. The van der Waals surface area contributed by atoms with Gasteiger partial charge in [0.2, 0.25) is 0 Å². The van der Waals surface area contributed by atoms with Gasteiger partial charge in [0, 0.05) is 25.6 Å². The minimum atomic E-state index is 0.679. The van der Waals surface area contributed by atoms with Crippen LogP contribution in [0.25, 0.3) is 11.0 Å². The number of nitrogens with zero attached hydrogens (tertiary/aromatic N) is 1. The lowest BCUT2D eigenvalue weighted by Gasteiger charge is -2.00. The Bertz CT molecular complexity index is 519. The van der Waals surface area contributed by atoms with E-state index >= 15 is 0 Å². The van der Waals surface area contributed by atoms with Gasteiger partial charge < -0.3 is 15.0 Å². The highest BCUT2D eigenvalue weighted by atomic mass is 16.5. The summed E-state index contributed by atoms with van der Waals surface area (Å²) in [5.74, 6) is 1.88. The van der Waals surface area contributed by atoms with Gasteiger partial charge in [-0.1, -0.05) is 6.08 Å². The van der Waals surface area contributed by atoms with Crippen molar-refractivity contribution in [2.24, 2.45) is 0 Å². The van der Waals surface area contributed by atoms with E-state index in [1.165, 1.54) is 0 Å². The number of aromatic nitrogens is 2. The first-order valence-corrected chi connectivity index (χ1v) is 6.26. The molecule has 0 spiro atoms. The molecule has 0 amide bonds. The van der Waals surface area contributed by atoms with Crippen molar-refractivity contribution in [1.82, 2.24) is 15.3 Å². The molecule has 2 N–H and O–H groups in total. The number of nitrogens with one attached hydrogen (secondary N) is 2. The summed E-state index contributed by atoms with van der Waals surface area (Å²) in [6, 6.07) is 5.93. The predicted molar refractivity (Wildman–Crippen MR) is 74.0 cm³/mol. The zero-order chi connectivity index (χ0) is 12.8. The van der Waals surface area contributed by atoms with Gasteiger partial charge in [-0.05, 0) is 19.1 Å². The first-order chi connectivity index (χ1) is 8.83. The first-order valence-electron chi connectivity index (χ1n) is 6.26. The van der Waals surface area contributed by atoms with Gasteiger partial charge in [0.15, 0.2) is 0 Å². The van der Waals surface area contributed by atoms with Gasteiger partial charge in [0.1, 0.15) is 11.6 Å². The summed E-state index contributed by atoms with van der Waals surface area (Å²) in [7, 11) is 0. The van der Waals surface area contributed by atoms with Crippen molar-refractivity contribution >= 4 is 11.0 Å². The summed E-state index contributed by atoms with van der Waals surface area (Å²) >= 11 is 0. The van der Waals surface area contributed by atoms with Crippen LogP contribution in [-0.4, -0.2) is 29.7 Å². The van der Waals surface area contributed by atoms with Gasteiger partial charge in [-0.2, -0.15) is 0 Å². The monoisotopic (exact) mass is 245 g/mol. The fraction of sp³-hybridized carbons (Fsp3) is 0.357. The zero-order valence-electron chi connectivity index (χ0n) is 10.7. The van der Waals surface area contributed by atoms with Gasteiger partial charge in [-0.25, -0.2) is 4.98 Å². The van der Waals surface area contributed by atoms with Gasteiger partial charge in [-0.3, -0.25) is 0 Å². The Balaban J connectivity index is 2.04. The number of rotatable bonds is 7. The highest BCUT2D eigenvalue weighted by Crippen LogP contribution is 2.19. The maximum atomic E-state index is 5.47. The molecule has 4 nitrogen and oxygen atoms in total. The van der Waals surface area contributed by atoms with Crippen molar-refractivity contribution in [3.05, 3.63) is 36.7 Å². The highest BCUT2D eigenvalue weighted by Gasteiger charge is 2.03. The van der Waals surface area contributed by atoms with Crippen molar-refractivity contribution in [2.45, 2.75) is 13.3 Å². The summed E-state index contributed by atoms with van der Waals surface area (Å²) in [6.07, 6.45) is 2.74. The Hall–Kier alpha value is -1.81. The van der Waals surface area contributed by atoms with Crippen molar-refractivity contribution in [1.29, 1.82) is 0 Å². The van der Waals surface area contributed by atoms with Crippen LogP contribution < -0.4 is 10.1 Å². The number of benzene rings is 1. The fourth-order valence-electron chi connectivity index (χ4n) is 1.83. The van der Waals surface area contributed by atoms with Crippen LogP contribution >= 0.6 is 0 Å². The molecule has 0 saturated carbocycles. The van der Waals surface area contributed by atoms with Crippen LogP contribution in [0.3, 0.4) is 0 Å². The maximum absolute atomic E-state index is 5.47. The molecule has 0 saturated heterocycles. The second-order valence-corrected chi connectivity index (χ2v) is 4.04. The fourth-order valence-corrected chi connectivity index (χ4v) is 1.83. The molecule has 0 aliphatic heterocycles. The minimum Gasteiger partial charge on any atom is -0.494 e. The summed E-state index contributed by atoms with van der Waals surface area (Å²) in [4.78, 5) is 7.85. The number of hydrogen-bond acceptors (Lipinski definition) is 3. The Kier molecular flexibility index (Phi) is 4.36. The lowest BCUT2D eigenvalue weighted by molar-refractivity contribution is 0.340. The van der Waals surface area contributed by atoms with E-state index in [-0.39, 0.29) is 0 Å². The number of ether oxygens (including phenoxy) is 1. The summed E-state index contributed by atoms with van der Waals surface area (Å²) in [6.45, 7) is 8.05. The molecule has 1 heterocycles. The van der Waals surface area contributed by atoms with E-state index in [4.69, 9.17) is 4.74 Å². The van der Waals surface area contributed by atoms with Gasteiger partial charge in [0.05, 0.1) is 17.6 Å². The molecule has 1 aromatic heterocycles. The molecular formula is C14H19N3O. The first kappa shape index (κ1) is 12.6. The molecule has 0 unspecified atom stereocenters. The SMILES string of the molecule is C=CCNCCc1nc2ccc(OCC)cc2[nH]1. The Labute approximate surface area is 107 Å². The largest absolute Gasteiger partial charge is 0.494 e. The van der Waals surface area contributed by atoms with Crippen molar-refractivity contribution < 1.29 is 4.74 Å². The second-order valence-electron chi connectivity index (χ2n) is 4.04. The quantitative estimate of drug-likeness (QED) is 0.581. The van der Waals surface area contributed by atoms with E-state index < -0.39 is 0 Å². The van der Waals surface area contributed by atoms with Gasteiger partial charge in [0.25, 0.3) is 0 Å². The van der Waals surface area contributed by atoms with Crippen molar-refractivity contribution in [3.63, 3.8) is 0 Å². The Morgan fingerprint density at radius 3 is 3.17 bits per heavy atom. The maximum Gasteiger partial charge on any atom is 0.121 e. The zero-order valence-corrected chi connectivity index (χ0v) is 10.7. The molecule has 0 atom stereocenters. The lowest BCUT2D eigenvalue weighted by atomic mass is 10.3. The Morgan fingerprint density at radius 2 is 2.39 bits per heavy atom. The van der Waals surface area contributed by atoms with Crippen LogP contribution in [0.5, 0.6) is 5.75 Å². The summed E-state index contributed by atoms with van der Waals surface area (Å²) in [5, 5.41) is 3.26.